The summed E-state index contributed by atoms with van der Waals surface area (Å²) >= 11 is 0. The van der Waals surface area contributed by atoms with E-state index in [0.717, 1.165) is 45.1 Å². The van der Waals surface area contributed by atoms with Crippen molar-refractivity contribution < 1.29 is 19.1 Å². The van der Waals surface area contributed by atoms with Crippen molar-refractivity contribution in [2.24, 2.45) is 5.41 Å². The first-order valence-corrected chi connectivity index (χ1v) is 12.7. The lowest BCUT2D eigenvalue weighted by atomic mass is 9.75. The van der Waals surface area contributed by atoms with E-state index < -0.39 is 6.10 Å². The van der Waals surface area contributed by atoms with E-state index >= 15 is 0 Å². The highest BCUT2D eigenvalue weighted by molar-refractivity contribution is 5.79. The largest absolute Gasteiger partial charge is 0.376 e. The third-order valence-corrected chi connectivity index (χ3v) is 7.59. The van der Waals surface area contributed by atoms with Crippen molar-refractivity contribution in [3.63, 3.8) is 0 Å². The van der Waals surface area contributed by atoms with Gasteiger partial charge in [0.05, 0.1) is 25.4 Å². The lowest BCUT2D eigenvalue weighted by molar-refractivity contribution is -0.133. The van der Waals surface area contributed by atoms with Crippen LogP contribution in [0.5, 0.6) is 0 Å². The second-order valence-corrected chi connectivity index (χ2v) is 10.1. The van der Waals surface area contributed by atoms with Crippen molar-refractivity contribution in [3.05, 3.63) is 35.9 Å². The molecular formula is C27H42N2O4. The summed E-state index contributed by atoms with van der Waals surface area (Å²) in [6, 6.07) is 10.6. The number of likely N-dealkylation sites (tertiary alicyclic amines) is 1. The lowest BCUT2D eigenvalue weighted by Gasteiger charge is -2.48. The van der Waals surface area contributed by atoms with Gasteiger partial charge in [0.2, 0.25) is 0 Å². The normalized spacial score (nSPS) is 28.8. The van der Waals surface area contributed by atoms with Crippen LogP contribution in [-0.2, 0) is 14.3 Å². The number of urea groups is 1. The van der Waals surface area contributed by atoms with Gasteiger partial charge < -0.3 is 19.7 Å². The van der Waals surface area contributed by atoms with Gasteiger partial charge in [-0.1, -0.05) is 37.3 Å². The number of nitrogens with one attached hydrogen (secondary N) is 1. The quantitative estimate of drug-likeness (QED) is 0.570. The molecule has 0 bridgehead atoms. The van der Waals surface area contributed by atoms with Crippen molar-refractivity contribution in [2.45, 2.75) is 90.4 Å². The van der Waals surface area contributed by atoms with Crippen LogP contribution in [0, 0.1) is 5.41 Å². The van der Waals surface area contributed by atoms with Crippen molar-refractivity contribution in [1.29, 1.82) is 0 Å². The number of Topliss-reactive ketones (excluding diaryl/α,β-unsaturated/α-hetero) is 1. The van der Waals surface area contributed by atoms with E-state index in [1.165, 1.54) is 5.56 Å². The third-order valence-electron chi connectivity index (χ3n) is 7.59. The van der Waals surface area contributed by atoms with Crippen molar-refractivity contribution in [1.82, 2.24) is 10.2 Å². The summed E-state index contributed by atoms with van der Waals surface area (Å²) in [7, 11) is 0. The molecule has 1 N–H and O–H groups in total. The van der Waals surface area contributed by atoms with Gasteiger partial charge >= 0.3 is 6.03 Å². The molecule has 2 fully saturated rings. The Kier molecular flexibility index (Phi) is 9.33. The fourth-order valence-electron chi connectivity index (χ4n) is 5.26. The number of ketones is 1. The monoisotopic (exact) mass is 458 g/mol. The van der Waals surface area contributed by atoms with Crippen LogP contribution in [0.15, 0.2) is 30.3 Å². The molecule has 1 heterocycles. The molecule has 3 unspecified atom stereocenters. The first-order valence-electron chi connectivity index (χ1n) is 12.7. The van der Waals surface area contributed by atoms with Crippen LogP contribution in [0.3, 0.4) is 0 Å². The molecule has 3 atom stereocenters. The summed E-state index contributed by atoms with van der Waals surface area (Å²) in [4.78, 5) is 26.5. The second kappa shape index (κ2) is 12.0. The number of hydrogen-bond acceptors (Lipinski definition) is 4. The van der Waals surface area contributed by atoms with Crippen LogP contribution in [-0.4, -0.2) is 61.3 Å². The van der Waals surface area contributed by atoms with Crippen LogP contribution >= 0.6 is 0 Å². The number of ether oxygens (including phenoxy) is 2. The zero-order valence-electron chi connectivity index (χ0n) is 20.8. The highest BCUT2D eigenvalue weighted by Gasteiger charge is 2.44. The molecule has 33 heavy (non-hydrogen) atoms. The molecular weight excluding hydrogens is 416 g/mol. The zero-order valence-corrected chi connectivity index (χ0v) is 20.8. The molecule has 1 saturated heterocycles. The van der Waals surface area contributed by atoms with Gasteiger partial charge in [-0.2, -0.15) is 0 Å². The SMILES string of the molecule is CCNC(=O)N1CCCC(C)(COC(C)C(C)=O)C1COC1CCC(c2ccccc2)CC1. The third kappa shape index (κ3) is 6.80. The van der Waals surface area contributed by atoms with E-state index in [0.29, 0.717) is 25.7 Å². The Hall–Kier alpha value is -1.92. The number of carbonyl (C=O) groups is 2. The van der Waals surface area contributed by atoms with Crippen molar-refractivity contribution in [3.8, 4) is 0 Å². The van der Waals surface area contributed by atoms with Crippen LogP contribution in [0.25, 0.3) is 0 Å². The van der Waals surface area contributed by atoms with Gasteiger partial charge in [0.15, 0.2) is 5.78 Å². The van der Waals surface area contributed by atoms with Crippen molar-refractivity contribution >= 4 is 11.8 Å². The maximum absolute atomic E-state index is 12.9. The fraction of sp³-hybridized carbons (Fsp3) is 0.704. The van der Waals surface area contributed by atoms with E-state index in [1.807, 2.05) is 11.8 Å². The van der Waals surface area contributed by atoms with Gasteiger partial charge in [-0.05, 0) is 70.8 Å². The molecule has 0 spiro atoms. The maximum atomic E-state index is 12.9. The van der Waals surface area contributed by atoms with Gasteiger partial charge in [0, 0.05) is 18.5 Å². The van der Waals surface area contributed by atoms with Crippen LogP contribution in [0.1, 0.15) is 77.7 Å². The molecule has 1 aromatic carbocycles. The van der Waals surface area contributed by atoms with E-state index in [4.69, 9.17) is 9.47 Å². The molecule has 184 valence electrons. The Morgan fingerprint density at radius 2 is 1.88 bits per heavy atom. The number of nitrogens with zero attached hydrogens (tertiary/aromatic N) is 1. The summed E-state index contributed by atoms with van der Waals surface area (Å²) < 4.78 is 12.4. The second-order valence-electron chi connectivity index (χ2n) is 10.1. The standard InChI is InChI=1S/C27H42N2O4/c1-5-28-26(31)29-17-9-16-27(4,19-33-21(3)20(2)30)25(29)18-32-24-14-12-23(13-15-24)22-10-7-6-8-11-22/h6-8,10-11,21,23-25H,5,9,12-19H2,1-4H3,(H,28,31). The highest BCUT2D eigenvalue weighted by atomic mass is 16.5. The molecule has 0 radical (unpaired) electrons. The zero-order chi connectivity index (χ0) is 23.8. The molecule has 6 nitrogen and oxygen atoms in total. The summed E-state index contributed by atoms with van der Waals surface area (Å²) in [6.07, 6.45) is 6.02. The minimum absolute atomic E-state index is 0.0259. The van der Waals surface area contributed by atoms with E-state index in [1.54, 1.807) is 13.8 Å². The summed E-state index contributed by atoms with van der Waals surface area (Å²) in [5.74, 6) is 0.636. The predicted octanol–water partition coefficient (Wildman–Crippen LogP) is 4.92. The molecule has 3 rings (SSSR count). The number of benzene rings is 1. The minimum Gasteiger partial charge on any atom is -0.376 e. The fourth-order valence-corrected chi connectivity index (χ4v) is 5.26. The topological polar surface area (TPSA) is 67.9 Å². The Balaban J connectivity index is 1.63. The first kappa shape index (κ1) is 25.7. The van der Waals surface area contributed by atoms with Crippen LogP contribution < -0.4 is 5.32 Å². The molecule has 2 amide bonds. The highest BCUT2D eigenvalue weighted by Crippen LogP contribution is 2.38. The number of amides is 2. The molecule has 1 aliphatic carbocycles. The first-order chi connectivity index (χ1) is 15.8. The maximum Gasteiger partial charge on any atom is 0.317 e. The Morgan fingerprint density at radius 3 is 2.52 bits per heavy atom. The summed E-state index contributed by atoms with van der Waals surface area (Å²) in [6.45, 7) is 9.74. The number of rotatable bonds is 9. The Morgan fingerprint density at radius 1 is 1.18 bits per heavy atom. The van der Waals surface area contributed by atoms with Crippen LogP contribution in [0.4, 0.5) is 4.79 Å². The number of carbonyl (C=O) groups excluding carboxylic acids is 2. The predicted molar refractivity (Wildman–Crippen MR) is 130 cm³/mol. The molecule has 0 aromatic heterocycles. The van der Waals surface area contributed by atoms with E-state index in [-0.39, 0.29) is 29.4 Å². The molecule has 1 aliphatic heterocycles. The number of hydrogen-bond donors (Lipinski definition) is 1. The summed E-state index contributed by atoms with van der Waals surface area (Å²) in [5.41, 5.74) is 1.17. The molecule has 2 aliphatic rings. The molecule has 6 heteroatoms. The number of piperidine rings is 1. The summed E-state index contributed by atoms with van der Waals surface area (Å²) in [5, 5.41) is 2.96. The minimum atomic E-state index is -0.434. The van der Waals surface area contributed by atoms with Crippen molar-refractivity contribution in [2.75, 3.05) is 26.3 Å². The smallest absolute Gasteiger partial charge is 0.317 e. The van der Waals surface area contributed by atoms with Gasteiger partial charge in [0.25, 0.3) is 0 Å². The molecule has 1 aromatic rings. The Bertz CT molecular complexity index is 763. The Labute approximate surface area is 199 Å². The van der Waals surface area contributed by atoms with Gasteiger partial charge in [-0.3, -0.25) is 4.79 Å². The van der Waals surface area contributed by atoms with Gasteiger partial charge in [-0.15, -0.1) is 0 Å². The van der Waals surface area contributed by atoms with Crippen LogP contribution in [0.2, 0.25) is 0 Å². The van der Waals surface area contributed by atoms with E-state index in [9.17, 15) is 9.59 Å². The van der Waals surface area contributed by atoms with E-state index in [2.05, 4.69) is 42.6 Å². The lowest BCUT2D eigenvalue weighted by Crippen LogP contribution is -2.59. The van der Waals surface area contributed by atoms with Gasteiger partial charge in [0.1, 0.15) is 6.10 Å². The molecule has 1 saturated carbocycles. The van der Waals surface area contributed by atoms with Gasteiger partial charge in [-0.25, -0.2) is 4.79 Å². The average molecular weight is 459 g/mol. The average Bonchev–Trinajstić information content (AvgIpc) is 2.82.